The van der Waals surface area contributed by atoms with Crippen LogP contribution < -0.4 is 10.1 Å². The lowest BCUT2D eigenvalue weighted by atomic mass is 10.1. The molecule has 0 aliphatic rings. The molecule has 0 radical (unpaired) electrons. The van der Waals surface area contributed by atoms with Crippen LogP contribution in [0.2, 0.25) is 5.28 Å². The minimum absolute atomic E-state index is 0.144. The van der Waals surface area contributed by atoms with E-state index in [4.69, 9.17) is 16.3 Å². The van der Waals surface area contributed by atoms with Crippen molar-refractivity contribution in [2.45, 2.75) is 27.2 Å². The summed E-state index contributed by atoms with van der Waals surface area (Å²) in [7, 11) is 0. The van der Waals surface area contributed by atoms with Gasteiger partial charge < -0.3 is 10.1 Å². The van der Waals surface area contributed by atoms with E-state index in [-0.39, 0.29) is 11.3 Å². The van der Waals surface area contributed by atoms with Gasteiger partial charge in [0.05, 0.1) is 6.61 Å². The first kappa shape index (κ1) is 13.0. The second kappa shape index (κ2) is 6.48. The molecule has 0 saturated carbocycles. The third-order valence-corrected chi connectivity index (χ3v) is 2.02. The Morgan fingerprint density at radius 3 is 2.69 bits per heavy atom. The molecule has 0 amide bonds. The van der Waals surface area contributed by atoms with Crippen LogP contribution in [0.25, 0.3) is 0 Å². The van der Waals surface area contributed by atoms with E-state index in [1.165, 1.54) is 0 Å². The minimum Gasteiger partial charge on any atom is -0.463 e. The Bertz CT molecular complexity index is 333. The Kier molecular flexibility index (Phi) is 5.25. The van der Waals surface area contributed by atoms with E-state index in [1.54, 1.807) is 0 Å². The first-order chi connectivity index (χ1) is 7.61. The summed E-state index contributed by atoms with van der Waals surface area (Å²) in [6, 6.07) is 0.275. The summed E-state index contributed by atoms with van der Waals surface area (Å²) in [5, 5.41) is 3.11. The summed E-state index contributed by atoms with van der Waals surface area (Å²) >= 11 is 5.74. The highest BCUT2D eigenvalue weighted by Gasteiger charge is 2.05. The summed E-state index contributed by atoms with van der Waals surface area (Å²) in [5.41, 5.74) is 0. The second-order valence-corrected chi connectivity index (χ2v) is 4.11. The van der Waals surface area contributed by atoms with Gasteiger partial charge in [0, 0.05) is 6.54 Å². The van der Waals surface area contributed by atoms with Gasteiger partial charge in [0.1, 0.15) is 0 Å². The number of nitrogens with one attached hydrogen (secondary N) is 1. The van der Waals surface area contributed by atoms with Gasteiger partial charge in [-0.25, -0.2) is 0 Å². The summed E-state index contributed by atoms with van der Waals surface area (Å²) in [6.45, 7) is 7.54. The fraction of sp³-hybridized carbons (Fsp3) is 0.700. The first-order valence-electron chi connectivity index (χ1n) is 5.40. The van der Waals surface area contributed by atoms with Crippen LogP contribution >= 0.6 is 11.6 Å². The van der Waals surface area contributed by atoms with Crippen LogP contribution in [-0.4, -0.2) is 28.1 Å². The van der Waals surface area contributed by atoms with E-state index in [0.29, 0.717) is 18.5 Å². The molecule has 0 unspecified atom stereocenters. The van der Waals surface area contributed by atoms with Crippen LogP contribution in [0.1, 0.15) is 27.2 Å². The quantitative estimate of drug-likeness (QED) is 0.833. The summed E-state index contributed by atoms with van der Waals surface area (Å²) in [5.74, 6) is 1.03. The highest BCUT2D eigenvalue weighted by atomic mass is 35.5. The molecule has 0 fully saturated rings. The Morgan fingerprint density at radius 2 is 2.06 bits per heavy atom. The van der Waals surface area contributed by atoms with Gasteiger partial charge in [-0.1, -0.05) is 13.8 Å². The lowest BCUT2D eigenvalue weighted by molar-refractivity contribution is 0.268. The number of ether oxygens (including phenoxy) is 1. The molecule has 0 aromatic carbocycles. The smallest absolute Gasteiger partial charge is 0.322 e. The van der Waals surface area contributed by atoms with Crippen molar-refractivity contribution in [2.24, 2.45) is 5.92 Å². The summed E-state index contributed by atoms with van der Waals surface area (Å²) in [6.07, 6.45) is 0.958. The van der Waals surface area contributed by atoms with E-state index < -0.39 is 0 Å². The van der Waals surface area contributed by atoms with Gasteiger partial charge in [-0.3, -0.25) is 0 Å². The van der Waals surface area contributed by atoms with Crippen LogP contribution in [0, 0.1) is 5.92 Å². The zero-order chi connectivity index (χ0) is 12.0. The number of aromatic nitrogens is 3. The summed E-state index contributed by atoms with van der Waals surface area (Å²) in [4.78, 5) is 11.9. The number of rotatable bonds is 6. The van der Waals surface area contributed by atoms with Crippen LogP contribution in [0.3, 0.4) is 0 Å². The molecule has 1 heterocycles. The van der Waals surface area contributed by atoms with Crippen molar-refractivity contribution >= 4 is 17.5 Å². The molecule has 0 atom stereocenters. The van der Waals surface area contributed by atoms with E-state index in [0.717, 1.165) is 13.0 Å². The summed E-state index contributed by atoms with van der Waals surface area (Å²) < 4.78 is 5.40. The van der Waals surface area contributed by atoms with Crippen molar-refractivity contribution in [1.82, 2.24) is 15.0 Å². The van der Waals surface area contributed by atoms with E-state index >= 15 is 0 Å². The third-order valence-electron chi connectivity index (χ3n) is 1.85. The van der Waals surface area contributed by atoms with E-state index in [2.05, 4.69) is 34.1 Å². The van der Waals surface area contributed by atoms with Gasteiger partial charge in [-0.05, 0) is 30.9 Å². The van der Waals surface area contributed by atoms with Gasteiger partial charge >= 0.3 is 6.01 Å². The standard InChI is InChI=1S/C10H17ClN4O/c1-4-12-9-13-8(11)14-10(15-9)16-6-5-7(2)3/h7H,4-6H2,1-3H3,(H,12,13,14,15). The highest BCUT2D eigenvalue weighted by molar-refractivity contribution is 6.28. The number of hydrogen-bond donors (Lipinski definition) is 1. The van der Waals surface area contributed by atoms with E-state index in [1.807, 2.05) is 6.92 Å². The van der Waals surface area contributed by atoms with Gasteiger partial charge in [0.2, 0.25) is 11.2 Å². The Morgan fingerprint density at radius 1 is 1.31 bits per heavy atom. The molecule has 0 saturated heterocycles. The Labute approximate surface area is 101 Å². The fourth-order valence-corrected chi connectivity index (χ4v) is 1.17. The SMILES string of the molecule is CCNc1nc(Cl)nc(OCCC(C)C)n1. The highest BCUT2D eigenvalue weighted by Crippen LogP contribution is 2.11. The van der Waals surface area contributed by atoms with Gasteiger partial charge in [-0.15, -0.1) is 0 Å². The average Bonchev–Trinajstić information content (AvgIpc) is 2.16. The van der Waals surface area contributed by atoms with Crippen molar-refractivity contribution in [2.75, 3.05) is 18.5 Å². The zero-order valence-corrected chi connectivity index (χ0v) is 10.6. The predicted octanol–water partition coefficient (Wildman–Crippen LogP) is 2.38. The fourth-order valence-electron chi connectivity index (χ4n) is 1.02. The van der Waals surface area contributed by atoms with Gasteiger partial charge in [0.25, 0.3) is 0 Å². The van der Waals surface area contributed by atoms with Crippen molar-refractivity contribution in [3.05, 3.63) is 5.28 Å². The number of halogens is 1. The molecule has 0 aliphatic carbocycles. The topological polar surface area (TPSA) is 59.9 Å². The Hall–Kier alpha value is -1.10. The van der Waals surface area contributed by atoms with Crippen LogP contribution in [-0.2, 0) is 0 Å². The van der Waals surface area contributed by atoms with Crippen LogP contribution in [0.5, 0.6) is 6.01 Å². The van der Waals surface area contributed by atoms with Crippen molar-refractivity contribution in [3.63, 3.8) is 0 Å². The molecular formula is C10H17ClN4O. The lowest BCUT2D eigenvalue weighted by Gasteiger charge is -2.07. The van der Waals surface area contributed by atoms with Crippen molar-refractivity contribution < 1.29 is 4.74 Å². The molecule has 16 heavy (non-hydrogen) atoms. The van der Waals surface area contributed by atoms with E-state index in [9.17, 15) is 0 Å². The maximum absolute atomic E-state index is 5.74. The molecule has 0 aliphatic heterocycles. The average molecular weight is 245 g/mol. The maximum atomic E-state index is 5.74. The van der Waals surface area contributed by atoms with Crippen molar-refractivity contribution in [1.29, 1.82) is 0 Å². The molecular weight excluding hydrogens is 228 g/mol. The molecule has 1 aromatic rings. The molecule has 1 N–H and O–H groups in total. The van der Waals surface area contributed by atoms with Crippen LogP contribution in [0.15, 0.2) is 0 Å². The largest absolute Gasteiger partial charge is 0.463 e. The number of hydrogen-bond acceptors (Lipinski definition) is 5. The lowest BCUT2D eigenvalue weighted by Crippen LogP contribution is -2.08. The number of anilines is 1. The molecule has 6 heteroatoms. The molecule has 0 spiro atoms. The predicted molar refractivity (Wildman–Crippen MR) is 64.0 cm³/mol. The molecule has 1 aromatic heterocycles. The first-order valence-corrected chi connectivity index (χ1v) is 5.77. The monoisotopic (exact) mass is 244 g/mol. The molecule has 90 valence electrons. The van der Waals surface area contributed by atoms with Crippen molar-refractivity contribution in [3.8, 4) is 6.01 Å². The van der Waals surface area contributed by atoms with Crippen LogP contribution in [0.4, 0.5) is 5.95 Å². The maximum Gasteiger partial charge on any atom is 0.322 e. The number of nitrogens with zero attached hydrogens (tertiary/aromatic N) is 3. The molecule has 0 bridgehead atoms. The van der Waals surface area contributed by atoms with Gasteiger partial charge in [0.15, 0.2) is 0 Å². The minimum atomic E-state index is 0.144. The molecule has 5 nitrogen and oxygen atoms in total. The second-order valence-electron chi connectivity index (χ2n) is 3.77. The van der Waals surface area contributed by atoms with Gasteiger partial charge in [-0.2, -0.15) is 15.0 Å². The third kappa shape index (κ3) is 4.61. The Balaban J connectivity index is 2.58. The normalized spacial score (nSPS) is 10.6. The zero-order valence-electron chi connectivity index (χ0n) is 9.83. The molecule has 1 rings (SSSR count).